The summed E-state index contributed by atoms with van der Waals surface area (Å²) in [4.78, 5) is 2.40. The van der Waals surface area contributed by atoms with Gasteiger partial charge in [0.25, 0.3) is 0 Å². The van der Waals surface area contributed by atoms with E-state index in [-0.39, 0.29) is 0 Å². The first-order valence-corrected chi connectivity index (χ1v) is 19.3. The zero-order valence-corrected chi connectivity index (χ0v) is 30.7. The third-order valence-corrected chi connectivity index (χ3v) is 11.3. The number of para-hydroxylation sites is 2. The van der Waals surface area contributed by atoms with E-state index in [0.29, 0.717) is 0 Å². The first kappa shape index (κ1) is 32.0. The first-order chi connectivity index (χ1) is 27.8. The van der Waals surface area contributed by atoms with E-state index < -0.39 is 0 Å². The van der Waals surface area contributed by atoms with Gasteiger partial charge in [-0.3, -0.25) is 0 Å². The summed E-state index contributed by atoms with van der Waals surface area (Å²) >= 11 is 0. The van der Waals surface area contributed by atoms with Crippen molar-refractivity contribution in [3.8, 4) is 27.9 Å². The lowest BCUT2D eigenvalue weighted by Gasteiger charge is -2.27. The standard InChI is InChI=1S/C54H36N2/c1-2-13-37(14-3-1)47-23-10-16-41-17-11-24-48(54(41)47)39-29-32-42(33-30-39)55(45-34-31-40-28-27-38-15-4-5-20-46(38)51(40)36-45)43-18-12-19-44(35-43)56-52-25-8-6-21-49(52)50-22-7-9-26-53(50)56/h1-36H. The summed E-state index contributed by atoms with van der Waals surface area (Å²) in [7, 11) is 0. The topological polar surface area (TPSA) is 8.17 Å². The second kappa shape index (κ2) is 13.2. The van der Waals surface area contributed by atoms with Crippen LogP contribution in [0.3, 0.4) is 0 Å². The number of nitrogens with zero attached hydrogens (tertiary/aromatic N) is 2. The summed E-state index contributed by atoms with van der Waals surface area (Å²) in [6.45, 7) is 0. The number of fused-ring (bicyclic) bond motifs is 7. The predicted octanol–water partition coefficient (Wildman–Crippen LogP) is 15.0. The minimum Gasteiger partial charge on any atom is -0.310 e. The second-order valence-corrected chi connectivity index (χ2v) is 14.5. The Bertz CT molecular complexity index is 3190. The van der Waals surface area contributed by atoms with Crippen LogP contribution < -0.4 is 4.90 Å². The number of aromatic nitrogens is 1. The molecule has 0 aliphatic heterocycles. The zero-order valence-electron chi connectivity index (χ0n) is 30.7. The van der Waals surface area contributed by atoms with Crippen LogP contribution in [0, 0.1) is 0 Å². The molecule has 0 unspecified atom stereocenters. The predicted molar refractivity (Wildman–Crippen MR) is 239 cm³/mol. The van der Waals surface area contributed by atoms with Crippen LogP contribution in [-0.4, -0.2) is 4.57 Å². The Morgan fingerprint density at radius 3 is 1.54 bits per heavy atom. The van der Waals surface area contributed by atoms with Crippen LogP contribution in [0.2, 0.25) is 0 Å². The molecule has 0 amide bonds. The maximum atomic E-state index is 2.40. The van der Waals surface area contributed by atoms with Crippen molar-refractivity contribution in [2.24, 2.45) is 0 Å². The molecule has 0 aliphatic rings. The Hall–Kier alpha value is -7.42. The van der Waals surface area contributed by atoms with Crippen LogP contribution in [0.1, 0.15) is 0 Å². The molecule has 0 bridgehead atoms. The van der Waals surface area contributed by atoms with Gasteiger partial charge in [-0.1, -0.05) is 164 Å². The lowest BCUT2D eigenvalue weighted by molar-refractivity contribution is 1.17. The maximum absolute atomic E-state index is 2.40. The Morgan fingerprint density at radius 2 is 0.821 bits per heavy atom. The highest BCUT2D eigenvalue weighted by molar-refractivity contribution is 6.11. The summed E-state index contributed by atoms with van der Waals surface area (Å²) in [5.74, 6) is 0. The van der Waals surface area contributed by atoms with Gasteiger partial charge in [0, 0.05) is 33.5 Å². The largest absolute Gasteiger partial charge is 0.310 e. The van der Waals surface area contributed by atoms with Crippen molar-refractivity contribution in [3.63, 3.8) is 0 Å². The lowest BCUT2D eigenvalue weighted by atomic mass is 9.91. The van der Waals surface area contributed by atoms with Crippen LogP contribution >= 0.6 is 0 Å². The van der Waals surface area contributed by atoms with Crippen LogP contribution in [0.4, 0.5) is 17.1 Å². The van der Waals surface area contributed by atoms with Crippen molar-refractivity contribution < 1.29 is 0 Å². The average molecular weight is 713 g/mol. The highest BCUT2D eigenvalue weighted by Gasteiger charge is 2.18. The fourth-order valence-corrected chi connectivity index (χ4v) is 8.78. The highest BCUT2D eigenvalue weighted by Crippen LogP contribution is 2.42. The van der Waals surface area contributed by atoms with Crippen LogP contribution in [-0.2, 0) is 0 Å². The van der Waals surface area contributed by atoms with Gasteiger partial charge in [0.15, 0.2) is 0 Å². The first-order valence-electron chi connectivity index (χ1n) is 19.3. The highest BCUT2D eigenvalue weighted by atomic mass is 15.1. The molecule has 0 fully saturated rings. The molecule has 2 nitrogen and oxygen atoms in total. The molecule has 0 saturated heterocycles. The molecule has 0 aliphatic carbocycles. The molecule has 0 N–H and O–H groups in total. The summed E-state index contributed by atoms with van der Waals surface area (Å²) in [5, 5.41) is 9.98. The summed E-state index contributed by atoms with van der Waals surface area (Å²) in [6.07, 6.45) is 0. The Balaban J connectivity index is 1.10. The van der Waals surface area contributed by atoms with Crippen LogP contribution in [0.15, 0.2) is 218 Å². The van der Waals surface area contributed by atoms with E-state index in [1.54, 1.807) is 0 Å². The quantitative estimate of drug-likeness (QED) is 0.156. The molecule has 1 aromatic heterocycles. The maximum Gasteiger partial charge on any atom is 0.0541 e. The molecule has 262 valence electrons. The van der Waals surface area contributed by atoms with Crippen molar-refractivity contribution in [2.75, 3.05) is 4.90 Å². The van der Waals surface area contributed by atoms with Gasteiger partial charge in [0.1, 0.15) is 0 Å². The van der Waals surface area contributed by atoms with E-state index in [2.05, 4.69) is 228 Å². The van der Waals surface area contributed by atoms with Gasteiger partial charge in [-0.05, 0) is 109 Å². The number of benzene rings is 10. The zero-order chi connectivity index (χ0) is 37.0. The number of hydrogen-bond donors (Lipinski definition) is 0. The molecule has 11 rings (SSSR count). The van der Waals surface area contributed by atoms with Crippen molar-refractivity contribution in [3.05, 3.63) is 218 Å². The SMILES string of the molecule is c1ccc(-c2cccc3cccc(-c4ccc(N(c5cccc(-n6c7ccccc7c7ccccc76)c5)c5ccc6ccc7ccccc7c6c5)cc4)c23)cc1. The number of hydrogen-bond acceptors (Lipinski definition) is 1. The van der Waals surface area contributed by atoms with Crippen molar-refractivity contribution in [2.45, 2.75) is 0 Å². The van der Waals surface area contributed by atoms with E-state index in [4.69, 9.17) is 0 Å². The number of rotatable bonds is 6. The molecule has 56 heavy (non-hydrogen) atoms. The van der Waals surface area contributed by atoms with Gasteiger partial charge in [0.2, 0.25) is 0 Å². The second-order valence-electron chi connectivity index (χ2n) is 14.5. The summed E-state index contributed by atoms with van der Waals surface area (Å²) < 4.78 is 2.40. The van der Waals surface area contributed by atoms with E-state index in [1.165, 1.54) is 76.4 Å². The van der Waals surface area contributed by atoms with Crippen LogP contribution in [0.25, 0.3) is 82.1 Å². The molecule has 2 heteroatoms. The smallest absolute Gasteiger partial charge is 0.0541 e. The third-order valence-electron chi connectivity index (χ3n) is 11.3. The average Bonchev–Trinajstić information content (AvgIpc) is 3.61. The third kappa shape index (κ3) is 5.26. The summed E-state index contributed by atoms with van der Waals surface area (Å²) in [6, 6.07) is 79.5. The van der Waals surface area contributed by atoms with Crippen molar-refractivity contribution >= 4 is 71.2 Å². The molecular formula is C54H36N2. The summed E-state index contributed by atoms with van der Waals surface area (Å²) in [5.41, 5.74) is 11.7. The normalized spacial score (nSPS) is 11.6. The van der Waals surface area contributed by atoms with Gasteiger partial charge in [-0.25, -0.2) is 0 Å². The molecular weight excluding hydrogens is 677 g/mol. The Morgan fingerprint density at radius 1 is 0.304 bits per heavy atom. The fourth-order valence-electron chi connectivity index (χ4n) is 8.78. The van der Waals surface area contributed by atoms with Gasteiger partial charge >= 0.3 is 0 Å². The van der Waals surface area contributed by atoms with E-state index in [1.807, 2.05) is 0 Å². The van der Waals surface area contributed by atoms with Gasteiger partial charge in [0.05, 0.1) is 11.0 Å². The molecule has 10 aromatic carbocycles. The van der Waals surface area contributed by atoms with Crippen molar-refractivity contribution in [1.29, 1.82) is 0 Å². The molecule has 0 spiro atoms. The fraction of sp³-hybridized carbons (Fsp3) is 0. The van der Waals surface area contributed by atoms with E-state index >= 15 is 0 Å². The Kier molecular flexibility index (Phi) is 7.53. The minimum absolute atomic E-state index is 1.09. The van der Waals surface area contributed by atoms with E-state index in [0.717, 1.165) is 22.7 Å². The van der Waals surface area contributed by atoms with E-state index in [9.17, 15) is 0 Å². The Labute approximate surface area is 325 Å². The molecule has 1 heterocycles. The monoisotopic (exact) mass is 712 g/mol. The minimum atomic E-state index is 1.09. The van der Waals surface area contributed by atoms with Gasteiger partial charge in [-0.15, -0.1) is 0 Å². The van der Waals surface area contributed by atoms with Gasteiger partial charge in [-0.2, -0.15) is 0 Å². The molecule has 0 atom stereocenters. The molecule has 0 saturated carbocycles. The lowest BCUT2D eigenvalue weighted by Crippen LogP contribution is -2.10. The van der Waals surface area contributed by atoms with Crippen LogP contribution in [0.5, 0.6) is 0 Å². The number of anilines is 3. The molecule has 0 radical (unpaired) electrons. The molecule has 11 aromatic rings. The van der Waals surface area contributed by atoms with Gasteiger partial charge < -0.3 is 9.47 Å². The van der Waals surface area contributed by atoms with Crippen molar-refractivity contribution in [1.82, 2.24) is 4.57 Å².